The molecule has 0 saturated heterocycles. The maximum atomic E-state index is 10.1. The molecule has 0 saturated carbocycles. The largest absolute Gasteiger partial charge is 0.361 e. The van der Waals surface area contributed by atoms with Crippen LogP contribution >= 0.6 is 9.24 Å². The number of rotatable bonds is 1. The third-order valence-electron chi connectivity index (χ3n) is 0.468. The average molecular weight is 116 g/mol. The van der Waals surface area contributed by atoms with Crippen LogP contribution < -0.4 is 0 Å². The molecule has 0 aliphatic heterocycles. The minimum Gasteiger partial charge on any atom is -0.361 e. The van der Waals surface area contributed by atoms with Gasteiger partial charge in [-0.25, -0.2) is 0 Å². The Morgan fingerprint density at radius 2 is 2.29 bits per heavy atom. The van der Waals surface area contributed by atoms with Gasteiger partial charge in [-0.3, -0.25) is 4.79 Å². The molecular weight excluding hydrogens is 111 g/mol. The molecule has 0 aliphatic rings. The maximum Gasteiger partial charge on any atom is 0.346 e. The third-order valence-corrected chi connectivity index (χ3v) is 0.990. The van der Waals surface area contributed by atoms with E-state index >= 15 is 0 Å². The molecule has 38 valence electrons. The van der Waals surface area contributed by atoms with Gasteiger partial charge < -0.3 is 5.53 Å². The molecule has 1 unspecified atom stereocenters. The molecule has 0 aromatic rings. The fraction of sp³-hybridized carbons (Fsp3) is 0.333. The van der Waals surface area contributed by atoms with Crippen molar-refractivity contribution in [2.75, 3.05) is 0 Å². The second-order valence-corrected chi connectivity index (χ2v) is 1.59. The Balaban J connectivity index is 4.10. The summed E-state index contributed by atoms with van der Waals surface area (Å²) in [5, 5.41) is 0. The topological polar surface area (TPSA) is 53.5 Å². The standard InChI is InChI=1S/C3H5N2OP/c1-2(6)3(7)5-4/h7H2,1H3. The van der Waals surface area contributed by atoms with Crippen molar-refractivity contribution in [3.63, 3.8) is 0 Å². The molecule has 0 fully saturated rings. The summed E-state index contributed by atoms with van der Waals surface area (Å²) in [6.07, 6.45) is 0. The Morgan fingerprint density at radius 3 is 2.29 bits per heavy atom. The summed E-state index contributed by atoms with van der Waals surface area (Å²) in [7, 11) is 2.00. The van der Waals surface area contributed by atoms with Gasteiger partial charge in [0, 0.05) is 6.92 Å². The predicted octanol–water partition coefficient (Wildman–Crippen LogP) is 0.0788. The lowest BCUT2D eigenvalue weighted by Crippen LogP contribution is -2.00. The van der Waals surface area contributed by atoms with Gasteiger partial charge >= 0.3 is 5.45 Å². The van der Waals surface area contributed by atoms with Crippen LogP contribution in [0.4, 0.5) is 0 Å². The van der Waals surface area contributed by atoms with Gasteiger partial charge in [0.15, 0.2) is 0 Å². The molecule has 0 amide bonds. The molecule has 3 nitrogen and oxygen atoms in total. The second kappa shape index (κ2) is 2.62. The van der Waals surface area contributed by atoms with Crippen molar-refractivity contribution in [1.82, 2.24) is 0 Å². The first-order chi connectivity index (χ1) is 3.18. The lowest BCUT2D eigenvalue weighted by atomic mass is 10.5. The van der Waals surface area contributed by atoms with E-state index in [2.05, 4.69) is 4.79 Å². The van der Waals surface area contributed by atoms with E-state index in [4.69, 9.17) is 5.53 Å². The van der Waals surface area contributed by atoms with Crippen molar-refractivity contribution < 1.29 is 9.58 Å². The number of carbonyl (C=O) groups is 1. The lowest BCUT2D eigenvalue weighted by Gasteiger charge is -1.69. The molecule has 0 spiro atoms. The minimum atomic E-state index is -0.243. The normalized spacial score (nSPS) is 7.14. The summed E-state index contributed by atoms with van der Waals surface area (Å²) < 4.78 is 0. The molecule has 0 bridgehead atoms. The Morgan fingerprint density at radius 1 is 1.86 bits per heavy atom. The number of carbonyl (C=O) groups excluding carboxylic acids is 1. The van der Waals surface area contributed by atoms with E-state index in [-0.39, 0.29) is 11.2 Å². The first-order valence-corrected chi connectivity index (χ1v) is 2.24. The highest BCUT2D eigenvalue weighted by atomic mass is 31.0. The highest BCUT2D eigenvalue weighted by molar-refractivity contribution is 7.45. The SMILES string of the molecule is CC(=O)C(P)=[N+]=[N-]. The van der Waals surface area contributed by atoms with E-state index in [0.717, 1.165) is 0 Å². The second-order valence-electron chi connectivity index (χ2n) is 1.04. The molecule has 4 heteroatoms. The summed E-state index contributed by atoms with van der Waals surface area (Å²) in [6.45, 7) is 1.32. The lowest BCUT2D eigenvalue weighted by molar-refractivity contribution is -0.114. The zero-order valence-corrected chi connectivity index (χ0v) is 5.03. The van der Waals surface area contributed by atoms with Crippen LogP contribution in [0.1, 0.15) is 6.92 Å². The van der Waals surface area contributed by atoms with Crippen LogP contribution in [0.15, 0.2) is 0 Å². The van der Waals surface area contributed by atoms with Crippen molar-refractivity contribution >= 4 is 20.5 Å². The van der Waals surface area contributed by atoms with Crippen LogP contribution in [-0.4, -0.2) is 16.0 Å². The molecule has 1 atom stereocenters. The first-order valence-electron chi connectivity index (χ1n) is 1.67. The van der Waals surface area contributed by atoms with Gasteiger partial charge in [0.25, 0.3) is 0 Å². The van der Waals surface area contributed by atoms with Crippen LogP contribution in [0, 0.1) is 0 Å². The van der Waals surface area contributed by atoms with Crippen LogP contribution in [0.5, 0.6) is 0 Å². The van der Waals surface area contributed by atoms with Crippen molar-refractivity contribution in [2.24, 2.45) is 0 Å². The number of hydrogen-bond donors (Lipinski definition) is 0. The Labute approximate surface area is 43.5 Å². The number of ketones is 1. The van der Waals surface area contributed by atoms with Crippen LogP contribution in [-0.2, 0) is 4.79 Å². The van der Waals surface area contributed by atoms with E-state index in [1.54, 1.807) is 0 Å². The number of Topliss-reactive ketones (excluding diaryl/α,β-unsaturated/α-hetero) is 1. The molecule has 0 radical (unpaired) electrons. The van der Waals surface area contributed by atoms with Gasteiger partial charge in [0.05, 0.1) is 0 Å². The van der Waals surface area contributed by atoms with Gasteiger partial charge in [0.1, 0.15) is 0 Å². The number of nitrogens with zero attached hydrogens (tertiary/aromatic N) is 2. The van der Waals surface area contributed by atoms with E-state index in [0.29, 0.717) is 0 Å². The Bertz CT molecular complexity index is 136. The highest BCUT2D eigenvalue weighted by Crippen LogP contribution is 1.83. The third kappa shape index (κ3) is 2.21. The quantitative estimate of drug-likeness (QED) is 0.207. The molecule has 7 heavy (non-hydrogen) atoms. The molecular formula is C3H5N2OP. The van der Waals surface area contributed by atoms with Gasteiger partial charge in [-0.15, -0.1) is 0 Å². The van der Waals surface area contributed by atoms with E-state index in [1.807, 2.05) is 9.24 Å². The van der Waals surface area contributed by atoms with Gasteiger partial charge in [-0.1, -0.05) is 0 Å². The fourth-order valence-electron chi connectivity index (χ4n) is 0.0704. The molecule has 0 N–H and O–H groups in total. The van der Waals surface area contributed by atoms with Gasteiger partial charge in [-0.05, 0) is 9.24 Å². The zero-order valence-electron chi connectivity index (χ0n) is 3.88. The fourth-order valence-corrected chi connectivity index (χ4v) is 0.0704. The van der Waals surface area contributed by atoms with Gasteiger partial charge in [-0.2, -0.15) is 4.79 Å². The highest BCUT2D eigenvalue weighted by Gasteiger charge is 2.03. The zero-order chi connectivity index (χ0) is 5.86. The van der Waals surface area contributed by atoms with Crippen molar-refractivity contribution in [2.45, 2.75) is 6.92 Å². The molecule has 0 heterocycles. The maximum absolute atomic E-state index is 10.1. The van der Waals surface area contributed by atoms with E-state index in [9.17, 15) is 4.79 Å². The van der Waals surface area contributed by atoms with Crippen LogP contribution in [0.2, 0.25) is 0 Å². The Hall–Kier alpha value is -0.520. The van der Waals surface area contributed by atoms with Crippen molar-refractivity contribution in [1.29, 1.82) is 0 Å². The monoisotopic (exact) mass is 116 g/mol. The first kappa shape index (κ1) is 6.48. The summed E-state index contributed by atoms with van der Waals surface area (Å²) in [5.74, 6) is -0.243. The predicted molar refractivity (Wildman–Crippen MR) is 29.0 cm³/mol. The summed E-state index contributed by atoms with van der Waals surface area (Å²) in [4.78, 5) is 12.7. The Kier molecular flexibility index (Phi) is 2.42. The minimum absolute atomic E-state index is 0.0556. The van der Waals surface area contributed by atoms with Gasteiger partial charge in [0.2, 0.25) is 5.78 Å². The van der Waals surface area contributed by atoms with Crippen molar-refractivity contribution in [3.8, 4) is 0 Å². The summed E-state index contributed by atoms with van der Waals surface area (Å²) in [6, 6.07) is 0. The van der Waals surface area contributed by atoms with E-state index < -0.39 is 0 Å². The smallest absolute Gasteiger partial charge is 0.346 e. The summed E-state index contributed by atoms with van der Waals surface area (Å²) in [5.41, 5.74) is 7.91. The number of hydrogen-bond acceptors (Lipinski definition) is 1. The molecule has 0 aromatic carbocycles. The van der Waals surface area contributed by atoms with Crippen LogP contribution in [0.25, 0.3) is 5.53 Å². The van der Waals surface area contributed by atoms with E-state index in [1.165, 1.54) is 6.92 Å². The molecule has 0 rings (SSSR count). The van der Waals surface area contributed by atoms with Crippen LogP contribution in [0.3, 0.4) is 0 Å². The molecule has 0 aromatic heterocycles. The summed E-state index contributed by atoms with van der Waals surface area (Å²) >= 11 is 0. The molecule has 0 aliphatic carbocycles. The average Bonchev–Trinajstić information content (AvgIpc) is 1.65. The van der Waals surface area contributed by atoms with Crippen molar-refractivity contribution in [3.05, 3.63) is 5.53 Å².